The van der Waals surface area contributed by atoms with E-state index in [0.717, 1.165) is 18.4 Å². The Balaban J connectivity index is 1.49. The molecular weight excluding hydrogens is 517 g/mol. The van der Waals surface area contributed by atoms with Crippen LogP contribution in [0.4, 0.5) is 5.69 Å². The van der Waals surface area contributed by atoms with E-state index < -0.39 is 23.3 Å². The zero-order valence-corrected chi connectivity index (χ0v) is 22.1. The highest BCUT2D eigenvalue weighted by atomic mass is 35.5. The normalized spacial score (nSPS) is 22.5. The van der Waals surface area contributed by atoms with Gasteiger partial charge in [0.25, 0.3) is 5.91 Å². The minimum Gasteiger partial charge on any atom is -0.480 e. The predicted octanol–water partition coefficient (Wildman–Crippen LogP) is 5.22. The Labute approximate surface area is 225 Å². The molecule has 37 heavy (non-hydrogen) atoms. The molecule has 0 radical (unpaired) electrons. The molecule has 0 aliphatic heterocycles. The van der Waals surface area contributed by atoms with Crippen LogP contribution in [0.3, 0.4) is 0 Å². The van der Waals surface area contributed by atoms with Gasteiger partial charge in [0.2, 0.25) is 0 Å². The number of carboxylic acids is 1. The number of aliphatic carboxylic acids is 1. The number of ketones is 1. The molecule has 1 aromatic carbocycles. The minimum absolute atomic E-state index is 0.0521. The van der Waals surface area contributed by atoms with Gasteiger partial charge in [-0.2, -0.15) is 0 Å². The lowest BCUT2D eigenvalue weighted by molar-refractivity contribution is -0.141. The Morgan fingerprint density at radius 3 is 2.30 bits per heavy atom. The van der Waals surface area contributed by atoms with Crippen LogP contribution in [0.1, 0.15) is 60.9 Å². The largest absolute Gasteiger partial charge is 0.480 e. The Morgan fingerprint density at radius 2 is 1.78 bits per heavy atom. The number of ether oxygens (including phenoxy) is 1. The number of rotatable bonds is 9. The minimum atomic E-state index is -0.993. The van der Waals surface area contributed by atoms with E-state index in [1.165, 1.54) is 18.5 Å². The number of nitrogens with zero attached hydrogens (tertiary/aromatic N) is 1. The third-order valence-electron chi connectivity index (χ3n) is 7.48. The second kappa shape index (κ2) is 11.2. The molecule has 8 nitrogen and oxygen atoms in total. The molecule has 3 N–H and O–H groups in total. The fourth-order valence-corrected chi connectivity index (χ4v) is 5.82. The van der Waals surface area contributed by atoms with Crippen molar-refractivity contribution >= 4 is 46.5 Å². The van der Waals surface area contributed by atoms with Crippen molar-refractivity contribution < 1.29 is 24.2 Å². The third kappa shape index (κ3) is 5.37. The van der Waals surface area contributed by atoms with Gasteiger partial charge in [0.15, 0.2) is 5.78 Å². The Bertz CT molecular complexity index is 1200. The van der Waals surface area contributed by atoms with Crippen LogP contribution < -0.4 is 10.6 Å². The van der Waals surface area contributed by atoms with Gasteiger partial charge < -0.3 is 20.5 Å². The molecule has 2 aliphatic rings. The van der Waals surface area contributed by atoms with E-state index in [9.17, 15) is 19.5 Å². The highest BCUT2D eigenvalue weighted by Gasteiger charge is 2.51. The van der Waals surface area contributed by atoms with Crippen molar-refractivity contribution in [3.05, 3.63) is 69.6 Å². The molecule has 1 heterocycles. The number of carboxylic acid groups (broad SMARTS) is 1. The first-order valence-electron chi connectivity index (χ1n) is 12.2. The molecule has 0 saturated heterocycles. The van der Waals surface area contributed by atoms with Gasteiger partial charge in [0.1, 0.15) is 6.04 Å². The van der Waals surface area contributed by atoms with E-state index in [4.69, 9.17) is 27.9 Å². The molecule has 2 aromatic rings. The van der Waals surface area contributed by atoms with Crippen LogP contribution in [0.2, 0.25) is 10.0 Å². The second-order valence-corrected chi connectivity index (χ2v) is 10.3. The van der Waals surface area contributed by atoms with Crippen LogP contribution in [0.25, 0.3) is 0 Å². The SMILES string of the molecule is CCC(c1ccc(NC(=O)c2c(Cl)cncc2Cl)cc1)[C@H](NC1=CC(=O)C12CCC(OC)CC2)C(=O)O. The van der Waals surface area contributed by atoms with Crippen LogP contribution in [0, 0.1) is 5.41 Å². The molecule has 0 bridgehead atoms. The summed E-state index contributed by atoms with van der Waals surface area (Å²) in [6.07, 6.45) is 7.71. The van der Waals surface area contributed by atoms with Crippen LogP contribution >= 0.6 is 23.2 Å². The lowest BCUT2D eigenvalue weighted by Crippen LogP contribution is -2.53. The summed E-state index contributed by atoms with van der Waals surface area (Å²) in [7, 11) is 1.67. The number of allylic oxidation sites excluding steroid dienone is 2. The number of methoxy groups -OCH3 is 1. The maximum absolute atomic E-state index is 12.7. The predicted molar refractivity (Wildman–Crippen MR) is 141 cm³/mol. The fourth-order valence-electron chi connectivity index (χ4n) is 5.28. The summed E-state index contributed by atoms with van der Waals surface area (Å²) in [4.78, 5) is 41.5. The van der Waals surface area contributed by atoms with Gasteiger partial charge in [0, 0.05) is 42.9 Å². The second-order valence-electron chi connectivity index (χ2n) is 9.47. The van der Waals surface area contributed by atoms with Gasteiger partial charge in [-0.3, -0.25) is 14.6 Å². The quantitative estimate of drug-likeness (QED) is 0.395. The van der Waals surface area contributed by atoms with E-state index in [0.29, 0.717) is 30.6 Å². The van der Waals surface area contributed by atoms with Crippen molar-refractivity contribution in [2.75, 3.05) is 12.4 Å². The third-order valence-corrected chi connectivity index (χ3v) is 8.05. The van der Waals surface area contributed by atoms with Crippen molar-refractivity contribution in [3.63, 3.8) is 0 Å². The number of pyridine rings is 1. The first kappa shape index (κ1) is 27.1. The number of hydrogen-bond donors (Lipinski definition) is 3. The number of hydrogen-bond acceptors (Lipinski definition) is 6. The van der Waals surface area contributed by atoms with E-state index in [1.807, 2.05) is 6.92 Å². The zero-order valence-electron chi connectivity index (χ0n) is 20.6. The molecule has 1 amide bonds. The number of carbonyl (C=O) groups is 3. The molecule has 1 spiro atoms. The van der Waals surface area contributed by atoms with Crippen molar-refractivity contribution in [1.29, 1.82) is 0 Å². The number of aromatic nitrogens is 1. The average molecular weight is 546 g/mol. The summed E-state index contributed by atoms with van der Waals surface area (Å²) < 4.78 is 5.44. The lowest BCUT2D eigenvalue weighted by atomic mass is 9.61. The highest BCUT2D eigenvalue weighted by molar-refractivity contribution is 6.40. The number of nitrogens with one attached hydrogen (secondary N) is 2. The van der Waals surface area contributed by atoms with Gasteiger partial charge in [0.05, 0.1) is 27.1 Å². The molecule has 4 rings (SSSR count). The van der Waals surface area contributed by atoms with E-state index >= 15 is 0 Å². The lowest BCUT2D eigenvalue weighted by Gasteiger charge is -2.46. The number of amides is 1. The molecule has 1 unspecified atom stereocenters. The number of halogens is 2. The van der Waals surface area contributed by atoms with Crippen LogP contribution in [-0.2, 0) is 14.3 Å². The summed E-state index contributed by atoms with van der Waals surface area (Å²) >= 11 is 12.1. The summed E-state index contributed by atoms with van der Waals surface area (Å²) in [6, 6.07) is 6.07. The Kier molecular flexibility index (Phi) is 8.21. The van der Waals surface area contributed by atoms with Gasteiger partial charge in [-0.25, -0.2) is 4.79 Å². The van der Waals surface area contributed by atoms with Crippen molar-refractivity contribution in [2.45, 2.75) is 57.1 Å². The number of benzene rings is 1. The van der Waals surface area contributed by atoms with E-state index in [1.54, 1.807) is 31.4 Å². The standard InChI is InChI=1S/C27H29Cl2N3O5/c1-3-18(15-4-6-16(7-5-15)31-25(34)23-19(28)13-30-14-20(23)29)24(26(35)36)32-21-12-22(33)27(21)10-8-17(37-2)9-11-27/h4-7,12-14,17-18,24,32H,3,8-11H2,1-2H3,(H,31,34)(H,35,36)/t17?,18?,24-,27?/m0/s1. The monoisotopic (exact) mass is 545 g/mol. The molecular formula is C27H29Cl2N3O5. The Hall–Kier alpha value is -2.94. The van der Waals surface area contributed by atoms with Gasteiger partial charge >= 0.3 is 5.97 Å². The van der Waals surface area contributed by atoms with Gasteiger partial charge in [-0.15, -0.1) is 0 Å². The van der Waals surface area contributed by atoms with Crippen LogP contribution in [0.15, 0.2) is 48.4 Å². The first-order valence-corrected chi connectivity index (χ1v) is 12.9. The summed E-state index contributed by atoms with van der Waals surface area (Å²) in [6.45, 7) is 1.92. The molecule has 2 atom stereocenters. The Morgan fingerprint density at radius 1 is 1.16 bits per heavy atom. The van der Waals surface area contributed by atoms with Crippen LogP contribution in [0.5, 0.6) is 0 Å². The van der Waals surface area contributed by atoms with E-state index in [2.05, 4.69) is 15.6 Å². The zero-order chi connectivity index (χ0) is 26.7. The molecule has 10 heteroatoms. The van der Waals surface area contributed by atoms with Crippen LogP contribution in [-0.4, -0.2) is 47.0 Å². The topological polar surface area (TPSA) is 118 Å². The number of anilines is 1. The molecule has 196 valence electrons. The average Bonchev–Trinajstić information content (AvgIpc) is 2.88. The van der Waals surface area contributed by atoms with Crippen molar-refractivity contribution in [2.24, 2.45) is 5.41 Å². The smallest absolute Gasteiger partial charge is 0.326 e. The summed E-state index contributed by atoms with van der Waals surface area (Å²) in [5, 5.41) is 16.3. The molecule has 1 aromatic heterocycles. The van der Waals surface area contributed by atoms with E-state index in [-0.39, 0.29) is 33.4 Å². The maximum atomic E-state index is 12.7. The number of carbonyl (C=O) groups excluding carboxylic acids is 2. The summed E-state index contributed by atoms with van der Waals surface area (Å²) in [5.74, 6) is -1.78. The molecule has 1 fully saturated rings. The van der Waals surface area contributed by atoms with Gasteiger partial charge in [-0.1, -0.05) is 42.3 Å². The summed E-state index contributed by atoms with van der Waals surface area (Å²) in [5.41, 5.74) is 1.50. The van der Waals surface area contributed by atoms with Gasteiger partial charge in [-0.05, 0) is 49.8 Å². The fraction of sp³-hybridized carbons (Fsp3) is 0.407. The maximum Gasteiger partial charge on any atom is 0.326 e. The molecule has 1 saturated carbocycles. The highest BCUT2D eigenvalue weighted by Crippen LogP contribution is 2.49. The van der Waals surface area contributed by atoms with Crippen molar-refractivity contribution in [3.8, 4) is 0 Å². The van der Waals surface area contributed by atoms with Crippen molar-refractivity contribution in [1.82, 2.24) is 10.3 Å². The molecule has 2 aliphatic carbocycles. The first-order chi connectivity index (χ1) is 17.7.